The zero-order chi connectivity index (χ0) is 13.8. The molecule has 0 saturated carbocycles. The summed E-state index contributed by atoms with van der Waals surface area (Å²) >= 11 is 0. The molecule has 1 heterocycles. The molecule has 0 spiro atoms. The van der Waals surface area contributed by atoms with Crippen molar-refractivity contribution < 1.29 is 4.74 Å². The third-order valence-corrected chi connectivity index (χ3v) is 2.11. The minimum atomic E-state index is 0.217. The van der Waals surface area contributed by atoms with E-state index in [-0.39, 0.29) is 6.10 Å². The van der Waals surface area contributed by atoms with Crippen molar-refractivity contribution in [2.75, 3.05) is 0 Å². The van der Waals surface area contributed by atoms with Gasteiger partial charge in [-0.15, -0.1) is 0 Å². The van der Waals surface area contributed by atoms with Gasteiger partial charge in [0.05, 0.1) is 6.10 Å². The molecule has 0 amide bonds. The van der Waals surface area contributed by atoms with Crippen molar-refractivity contribution in [3.8, 4) is 5.88 Å². The molecule has 0 aliphatic heterocycles. The van der Waals surface area contributed by atoms with Gasteiger partial charge in [-0.25, -0.2) is 4.98 Å². The van der Waals surface area contributed by atoms with Crippen LogP contribution >= 0.6 is 0 Å². The lowest BCUT2D eigenvalue weighted by atomic mass is 10.1. The Morgan fingerprint density at radius 2 is 1.53 bits per heavy atom. The van der Waals surface area contributed by atoms with Crippen molar-refractivity contribution in [1.82, 2.24) is 4.98 Å². The quantitative estimate of drug-likeness (QED) is 0.751. The van der Waals surface area contributed by atoms with E-state index in [9.17, 15) is 0 Å². The lowest BCUT2D eigenvalue weighted by molar-refractivity contribution is 0.163. The van der Waals surface area contributed by atoms with Crippen LogP contribution in [0.1, 0.15) is 54.2 Å². The summed E-state index contributed by atoms with van der Waals surface area (Å²) in [5.74, 6) is 1.24. The van der Waals surface area contributed by atoms with Crippen molar-refractivity contribution >= 4 is 0 Å². The number of pyridine rings is 1. The standard InChI is InChI=1S/C11H17NO.2C2H6/c1-8(2)10(4)13-11-7-5-6-9(3)12-11;2*1-2/h5-8,10H,1-4H3;2*1-2H3. The lowest BCUT2D eigenvalue weighted by Gasteiger charge is -2.17. The molecule has 1 aromatic rings. The van der Waals surface area contributed by atoms with Gasteiger partial charge in [0.25, 0.3) is 0 Å². The minimum absolute atomic E-state index is 0.217. The molecule has 0 aromatic carbocycles. The fraction of sp³-hybridized carbons (Fsp3) is 0.667. The second-order valence-corrected chi connectivity index (χ2v) is 3.68. The van der Waals surface area contributed by atoms with Gasteiger partial charge in [0.2, 0.25) is 5.88 Å². The van der Waals surface area contributed by atoms with Gasteiger partial charge in [0, 0.05) is 11.8 Å². The van der Waals surface area contributed by atoms with Crippen molar-refractivity contribution in [3.63, 3.8) is 0 Å². The van der Waals surface area contributed by atoms with Crippen LogP contribution in [0.3, 0.4) is 0 Å². The van der Waals surface area contributed by atoms with Crippen LogP contribution < -0.4 is 4.74 Å². The highest BCUT2D eigenvalue weighted by Crippen LogP contribution is 2.12. The number of ether oxygens (including phenoxy) is 1. The first-order valence-corrected chi connectivity index (χ1v) is 6.70. The molecule has 0 aliphatic carbocycles. The number of aryl methyl sites for hydroxylation is 1. The van der Waals surface area contributed by atoms with Gasteiger partial charge >= 0.3 is 0 Å². The maximum absolute atomic E-state index is 5.65. The van der Waals surface area contributed by atoms with Gasteiger partial charge in [0.15, 0.2) is 0 Å². The predicted molar refractivity (Wildman–Crippen MR) is 76.6 cm³/mol. The fourth-order valence-corrected chi connectivity index (χ4v) is 0.910. The Morgan fingerprint density at radius 1 is 1.00 bits per heavy atom. The molecule has 1 unspecified atom stereocenters. The van der Waals surface area contributed by atoms with Crippen molar-refractivity contribution in [3.05, 3.63) is 23.9 Å². The van der Waals surface area contributed by atoms with Crippen LogP contribution in [-0.2, 0) is 0 Å². The normalized spacial score (nSPS) is 10.6. The van der Waals surface area contributed by atoms with E-state index in [1.54, 1.807) is 0 Å². The van der Waals surface area contributed by atoms with Crippen LogP contribution in [0.4, 0.5) is 0 Å². The average molecular weight is 239 g/mol. The Balaban J connectivity index is 0. The molecule has 100 valence electrons. The summed E-state index contributed by atoms with van der Waals surface area (Å²) in [6.07, 6.45) is 0.217. The number of nitrogens with zero attached hydrogens (tertiary/aromatic N) is 1. The summed E-state index contributed by atoms with van der Waals surface area (Å²) < 4.78 is 5.65. The van der Waals surface area contributed by atoms with Crippen molar-refractivity contribution in [2.45, 2.75) is 61.5 Å². The van der Waals surface area contributed by atoms with Gasteiger partial charge in [-0.3, -0.25) is 0 Å². The molecule has 0 N–H and O–H groups in total. The van der Waals surface area contributed by atoms with Gasteiger partial charge < -0.3 is 4.74 Å². The fourth-order valence-electron chi connectivity index (χ4n) is 0.910. The molecule has 0 saturated heterocycles. The summed E-state index contributed by atoms with van der Waals surface area (Å²) in [5.41, 5.74) is 0.994. The molecular weight excluding hydrogens is 210 g/mol. The molecule has 1 rings (SSSR count). The largest absolute Gasteiger partial charge is 0.474 e. The van der Waals surface area contributed by atoms with Gasteiger partial charge in [0.1, 0.15) is 0 Å². The van der Waals surface area contributed by atoms with E-state index < -0.39 is 0 Å². The van der Waals surface area contributed by atoms with E-state index in [4.69, 9.17) is 4.74 Å². The topological polar surface area (TPSA) is 22.1 Å². The molecule has 0 fully saturated rings. The highest BCUT2D eigenvalue weighted by molar-refractivity contribution is 5.14. The molecule has 0 bridgehead atoms. The molecule has 0 radical (unpaired) electrons. The molecule has 2 heteroatoms. The predicted octanol–water partition coefficient (Wildman–Crippen LogP) is 4.87. The maximum Gasteiger partial charge on any atom is 0.213 e. The molecule has 2 nitrogen and oxygen atoms in total. The Morgan fingerprint density at radius 3 is 1.94 bits per heavy atom. The highest BCUT2D eigenvalue weighted by atomic mass is 16.5. The second kappa shape index (κ2) is 11.4. The van der Waals surface area contributed by atoms with Gasteiger partial charge in [-0.1, -0.05) is 47.6 Å². The molecule has 17 heavy (non-hydrogen) atoms. The molecule has 0 aliphatic rings. The first-order chi connectivity index (χ1) is 8.09. The number of hydrogen-bond acceptors (Lipinski definition) is 2. The number of hydrogen-bond donors (Lipinski definition) is 0. The Kier molecular flexibility index (Phi) is 12.3. The third kappa shape index (κ3) is 8.73. The molecular formula is C15H29NO. The van der Waals surface area contributed by atoms with E-state index in [1.165, 1.54) is 0 Å². The van der Waals surface area contributed by atoms with E-state index in [2.05, 4.69) is 25.8 Å². The summed E-state index contributed by atoms with van der Waals surface area (Å²) in [6, 6.07) is 5.82. The monoisotopic (exact) mass is 239 g/mol. The van der Waals surface area contributed by atoms with E-state index in [0.29, 0.717) is 5.92 Å². The van der Waals surface area contributed by atoms with E-state index in [0.717, 1.165) is 11.6 Å². The third-order valence-electron chi connectivity index (χ3n) is 2.11. The Bertz CT molecular complexity index is 271. The molecule has 1 aromatic heterocycles. The number of rotatable bonds is 3. The van der Waals surface area contributed by atoms with Gasteiger partial charge in [-0.2, -0.15) is 0 Å². The Labute approximate surface area is 107 Å². The summed E-state index contributed by atoms with van der Waals surface area (Å²) in [5, 5.41) is 0. The van der Waals surface area contributed by atoms with Crippen LogP contribution in [0, 0.1) is 12.8 Å². The van der Waals surface area contributed by atoms with Crippen molar-refractivity contribution in [2.24, 2.45) is 5.92 Å². The first kappa shape index (κ1) is 18.3. The van der Waals surface area contributed by atoms with Crippen LogP contribution in [0.5, 0.6) is 5.88 Å². The second-order valence-electron chi connectivity index (χ2n) is 3.68. The minimum Gasteiger partial charge on any atom is -0.474 e. The zero-order valence-electron chi connectivity index (χ0n) is 12.7. The molecule has 1 atom stereocenters. The van der Waals surface area contributed by atoms with Crippen LogP contribution in [0.2, 0.25) is 0 Å². The SMILES string of the molecule is CC.CC.Cc1cccc(OC(C)C(C)C)n1. The van der Waals surface area contributed by atoms with Crippen LogP contribution in [-0.4, -0.2) is 11.1 Å². The summed E-state index contributed by atoms with van der Waals surface area (Å²) in [7, 11) is 0. The van der Waals surface area contributed by atoms with Gasteiger partial charge in [-0.05, 0) is 25.8 Å². The lowest BCUT2D eigenvalue weighted by Crippen LogP contribution is -2.19. The maximum atomic E-state index is 5.65. The summed E-state index contributed by atoms with van der Waals surface area (Å²) in [4.78, 5) is 4.27. The highest BCUT2D eigenvalue weighted by Gasteiger charge is 2.08. The summed E-state index contributed by atoms with van der Waals surface area (Å²) in [6.45, 7) is 16.3. The van der Waals surface area contributed by atoms with Crippen molar-refractivity contribution in [1.29, 1.82) is 0 Å². The first-order valence-electron chi connectivity index (χ1n) is 6.70. The smallest absolute Gasteiger partial charge is 0.213 e. The average Bonchev–Trinajstić information content (AvgIpc) is 2.34. The zero-order valence-corrected chi connectivity index (χ0v) is 12.7. The van der Waals surface area contributed by atoms with Crippen LogP contribution in [0.15, 0.2) is 18.2 Å². The van der Waals surface area contributed by atoms with E-state index >= 15 is 0 Å². The Hall–Kier alpha value is -1.05. The number of aromatic nitrogens is 1. The van der Waals surface area contributed by atoms with E-state index in [1.807, 2.05) is 52.8 Å². The van der Waals surface area contributed by atoms with Crippen LogP contribution in [0.25, 0.3) is 0 Å².